The average Bonchev–Trinajstić information content (AvgIpc) is 2.61. The van der Waals surface area contributed by atoms with Crippen LogP contribution in [0.5, 0.6) is 5.75 Å². The van der Waals surface area contributed by atoms with Crippen LogP contribution in [0.15, 0.2) is 42.0 Å². The third-order valence-electron chi connectivity index (χ3n) is 3.75. The standard InChI is InChI=1S/C20H18N2O4/c1-12-4-6-17(13(2)8-12)22-19(23)15(11-21)9-14-5-7-18(26-3)16(10-14)20(24)25/h4-10H,1-3H3,(H,22,23)(H,24,25)/p-1/b15-9-. The Labute approximate surface area is 151 Å². The van der Waals surface area contributed by atoms with Gasteiger partial charge in [-0.15, -0.1) is 0 Å². The fourth-order valence-corrected chi connectivity index (χ4v) is 2.43. The van der Waals surface area contributed by atoms with Crippen molar-refractivity contribution in [2.75, 3.05) is 12.4 Å². The number of carbonyl (C=O) groups is 2. The van der Waals surface area contributed by atoms with Crippen molar-refractivity contribution >= 4 is 23.6 Å². The number of nitrogens with one attached hydrogen (secondary N) is 1. The number of carbonyl (C=O) groups excluding carboxylic acids is 2. The normalized spacial score (nSPS) is 10.8. The van der Waals surface area contributed by atoms with E-state index in [0.717, 1.165) is 11.1 Å². The summed E-state index contributed by atoms with van der Waals surface area (Å²) in [5, 5.41) is 23.2. The van der Waals surface area contributed by atoms with Crippen molar-refractivity contribution in [2.24, 2.45) is 0 Å². The number of carboxylic acids is 1. The number of carboxylic acid groups (broad SMARTS) is 1. The van der Waals surface area contributed by atoms with E-state index < -0.39 is 11.9 Å². The summed E-state index contributed by atoms with van der Waals surface area (Å²) < 4.78 is 4.96. The lowest BCUT2D eigenvalue weighted by Gasteiger charge is -2.11. The summed E-state index contributed by atoms with van der Waals surface area (Å²) in [6.45, 7) is 3.80. The van der Waals surface area contributed by atoms with E-state index in [-0.39, 0.29) is 16.9 Å². The zero-order valence-corrected chi connectivity index (χ0v) is 14.6. The molecule has 6 heteroatoms. The molecule has 2 aromatic rings. The van der Waals surface area contributed by atoms with Gasteiger partial charge in [0.2, 0.25) is 0 Å². The number of hydrogen-bond acceptors (Lipinski definition) is 5. The first-order valence-electron chi connectivity index (χ1n) is 7.75. The maximum atomic E-state index is 12.4. The Bertz CT molecular complexity index is 939. The molecular formula is C20H17N2O4-. The van der Waals surface area contributed by atoms with Crippen molar-refractivity contribution < 1.29 is 19.4 Å². The number of hydrogen-bond donors (Lipinski definition) is 1. The Morgan fingerprint density at radius 2 is 1.92 bits per heavy atom. The largest absolute Gasteiger partial charge is 0.545 e. The zero-order chi connectivity index (χ0) is 19.3. The molecule has 0 saturated carbocycles. The highest BCUT2D eigenvalue weighted by Crippen LogP contribution is 2.21. The van der Waals surface area contributed by atoms with Crippen molar-refractivity contribution in [2.45, 2.75) is 13.8 Å². The van der Waals surface area contributed by atoms with Gasteiger partial charge in [-0.3, -0.25) is 4.79 Å². The molecule has 0 aliphatic heterocycles. The summed E-state index contributed by atoms with van der Waals surface area (Å²) >= 11 is 0. The van der Waals surface area contributed by atoms with E-state index in [4.69, 9.17) is 4.74 Å². The van der Waals surface area contributed by atoms with Crippen LogP contribution in [0.3, 0.4) is 0 Å². The minimum absolute atomic E-state index is 0.139. The molecule has 0 heterocycles. The van der Waals surface area contributed by atoms with Crippen LogP contribution in [0.4, 0.5) is 5.69 Å². The van der Waals surface area contributed by atoms with Crippen molar-refractivity contribution in [3.63, 3.8) is 0 Å². The molecule has 0 atom stereocenters. The van der Waals surface area contributed by atoms with Gasteiger partial charge in [0, 0.05) is 11.3 Å². The van der Waals surface area contributed by atoms with Gasteiger partial charge in [0.15, 0.2) is 0 Å². The van der Waals surface area contributed by atoms with Gasteiger partial charge in [0.05, 0.1) is 13.1 Å². The van der Waals surface area contributed by atoms with Gasteiger partial charge in [-0.1, -0.05) is 23.8 Å². The number of benzene rings is 2. The highest BCUT2D eigenvalue weighted by Gasteiger charge is 2.12. The number of nitrogens with zero attached hydrogens (tertiary/aromatic N) is 1. The molecule has 1 amide bonds. The highest BCUT2D eigenvalue weighted by molar-refractivity contribution is 6.10. The van der Waals surface area contributed by atoms with E-state index in [1.54, 1.807) is 12.1 Å². The molecule has 0 bridgehead atoms. The molecule has 0 aromatic heterocycles. The van der Waals surface area contributed by atoms with Crippen LogP contribution < -0.4 is 15.2 Å². The van der Waals surface area contributed by atoms with Crippen molar-refractivity contribution in [3.8, 4) is 11.8 Å². The molecule has 2 aromatic carbocycles. The predicted octanol–water partition coefficient (Wildman–Crippen LogP) is 2.22. The van der Waals surface area contributed by atoms with Crippen LogP contribution in [0.25, 0.3) is 6.08 Å². The maximum Gasteiger partial charge on any atom is 0.266 e. The molecule has 26 heavy (non-hydrogen) atoms. The van der Waals surface area contributed by atoms with Crippen LogP contribution >= 0.6 is 0 Å². The Morgan fingerprint density at radius 3 is 2.50 bits per heavy atom. The summed E-state index contributed by atoms with van der Waals surface area (Å²) in [6, 6.07) is 11.6. The van der Waals surface area contributed by atoms with E-state index in [1.165, 1.54) is 25.3 Å². The summed E-state index contributed by atoms with van der Waals surface area (Å²) in [5.74, 6) is -1.85. The second-order valence-corrected chi connectivity index (χ2v) is 5.69. The first-order valence-corrected chi connectivity index (χ1v) is 7.75. The fourth-order valence-electron chi connectivity index (χ4n) is 2.43. The SMILES string of the molecule is COc1ccc(/C=C(/C#N)C(=O)Nc2ccc(C)cc2C)cc1C(=O)[O-]. The number of anilines is 1. The topological polar surface area (TPSA) is 102 Å². The van der Waals surface area contributed by atoms with E-state index in [0.29, 0.717) is 11.3 Å². The van der Waals surface area contributed by atoms with Crippen molar-refractivity contribution in [3.05, 3.63) is 64.2 Å². The molecule has 0 radical (unpaired) electrons. The van der Waals surface area contributed by atoms with Crippen molar-refractivity contribution in [1.82, 2.24) is 0 Å². The second kappa shape index (κ2) is 7.99. The Hall–Kier alpha value is -3.59. The summed E-state index contributed by atoms with van der Waals surface area (Å²) in [4.78, 5) is 23.5. The third-order valence-corrected chi connectivity index (χ3v) is 3.75. The predicted molar refractivity (Wildman–Crippen MR) is 95.5 cm³/mol. The lowest BCUT2D eigenvalue weighted by molar-refractivity contribution is -0.255. The maximum absolute atomic E-state index is 12.4. The lowest BCUT2D eigenvalue weighted by atomic mass is 10.1. The molecule has 0 spiro atoms. The van der Waals surface area contributed by atoms with Crippen LogP contribution in [-0.4, -0.2) is 19.0 Å². The Kier molecular flexibility index (Phi) is 5.76. The monoisotopic (exact) mass is 349 g/mol. The molecule has 0 aliphatic carbocycles. The van der Waals surface area contributed by atoms with Crippen LogP contribution in [-0.2, 0) is 4.79 Å². The third kappa shape index (κ3) is 4.28. The highest BCUT2D eigenvalue weighted by atomic mass is 16.5. The summed E-state index contributed by atoms with van der Waals surface area (Å²) in [5.41, 5.74) is 2.60. The average molecular weight is 349 g/mol. The number of aryl methyl sites for hydroxylation is 2. The van der Waals surface area contributed by atoms with Crippen LogP contribution in [0.1, 0.15) is 27.0 Å². The smallest absolute Gasteiger partial charge is 0.266 e. The summed E-state index contributed by atoms with van der Waals surface area (Å²) in [7, 11) is 1.34. The number of aromatic carboxylic acids is 1. The Balaban J connectivity index is 2.32. The first kappa shape index (κ1) is 18.7. The van der Waals surface area contributed by atoms with Gasteiger partial charge in [-0.2, -0.15) is 5.26 Å². The number of rotatable bonds is 5. The van der Waals surface area contributed by atoms with E-state index >= 15 is 0 Å². The number of methoxy groups -OCH3 is 1. The summed E-state index contributed by atoms with van der Waals surface area (Å²) in [6.07, 6.45) is 1.31. The molecular weight excluding hydrogens is 332 g/mol. The Morgan fingerprint density at radius 1 is 1.19 bits per heavy atom. The van der Waals surface area contributed by atoms with Gasteiger partial charge in [-0.25, -0.2) is 0 Å². The molecule has 0 fully saturated rings. The molecule has 0 unspecified atom stereocenters. The number of nitriles is 1. The molecule has 1 N–H and O–H groups in total. The van der Waals surface area contributed by atoms with Crippen molar-refractivity contribution in [1.29, 1.82) is 5.26 Å². The second-order valence-electron chi connectivity index (χ2n) is 5.69. The molecule has 0 saturated heterocycles. The minimum atomic E-state index is -1.41. The van der Waals surface area contributed by atoms with Gasteiger partial charge in [0.1, 0.15) is 17.4 Å². The van der Waals surface area contributed by atoms with E-state index in [9.17, 15) is 20.0 Å². The van der Waals surface area contributed by atoms with Crippen LogP contribution in [0.2, 0.25) is 0 Å². The van der Waals surface area contributed by atoms with E-state index in [1.807, 2.05) is 32.0 Å². The van der Waals surface area contributed by atoms with Crippen LogP contribution in [0, 0.1) is 25.2 Å². The minimum Gasteiger partial charge on any atom is -0.545 e. The fraction of sp³-hybridized carbons (Fsp3) is 0.150. The van der Waals surface area contributed by atoms with Gasteiger partial charge in [0.25, 0.3) is 5.91 Å². The molecule has 2 rings (SSSR count). The number of amides is 1. The quantitative estimate of drug-likeness (QED) is 0.659. The zero-order valence-electron chi connectivity index (χ0n) is 14.6. The molecule has 132 valence electrons. The van der Waals surface area contributed by atoms with Gasteiger partial charge >= 0.3 is 0 Å². The van der Waals surface area contributed by atoms with Gasteiger partial charge < -0.3 is 20.0 Å². The first-order chi connectivity index (χ1) is 12.3. The lowest BCUT2D eigenvalue weighted by Crippen LogP contribution is -2.23. The van der Waals surface area contributed by atoms with Gasteiger partial charge in [-0.05, 0) is 49.2 Å². The van der Waals surface area contributed by atoms with E-state index in [2.05, 4.69) is 5.32 Å². The number of ether oxygens (including phenoxy) is 1. The molecule has 0 aliphatic rings. The molecule has 6 nitrogen and oxygen atoms in total.